The molecule has 3 N–H and O–H groups in total. The van der Waals surface area contributed by atoms with Gasteiger partial charge in [0.25, 0.3) is 0 Å². The van der Waals surface area contributed by atoms with Crippen LogP contribution >= 0.6 is 0 Å². The number of carbonyl (C=O) groups excluding carboxylic acids is 1. The highest BCUT2D eigenvalue weighted by atomic mass is 32.2. The first-order valence-electron chi connectivity index (χ1n) is 8.87. The van der Waals surface area contributed by atoms with Crippen molar-refractivity contribution in [1.29, 1.82) is 0 Å². The number of hydrogen-bond donors (Lipinski definition) is 2. The highest BCUT2D eigenvalue weighted by Gasteiger charge is 2.25. The number of amides is 1. The molecule has 1 unspecified atom stereocenters. The molecular formula is C17H25N3O5S. The predicted molar refractivity (Wildman–Crippen MR) is 95.6 cm³/mol. The molecule has 1 fully saturated rings. The van der Waals surface area contributed by atoms with E-state index in [0.29, 0.717) is 50.3 Å². The first-order valence-corrected chi connectivity index (χ1v) is 10.3. The van der Waals surface area contributed by atoms with Crippen LogP contribution in [0.1, 0.15) is 19.3 Å². The van der Waals surface area contributed by atoms with Gasteiger partial charge in [0.1, 0.15) is 0 Å². The molecule has 9 heteroatoms. The van der Waals surface area contributed by atoms with Gasteiger partial charge in [0, 0.05) is 38.5 Å². The number of carbonyl (C=O) groups is 1. The van der Waals surface area contributed by atoms with E-state index in [0.717, 1.165) is 12.8 Å². The van der Waals surface area contributed by atoms with Crippen LogP contribution in [0.15, 0.2) is 23.1 Å². The maximum atomic E-state index is 12.5. The highest BCUT2D eigenvalue weighted by Crippen LogP contribution is 2.31. The van der Waals surface area contributed by atoms with Crippen LogP contribution in [-0.2, 0) is 14.8 Å². The summed E-state index contributed by atoms with van der Waals surface area (Å²) in [6, 6.07) is 4.53. The van der Waals surface area contributed by atoms with Gasteiger partial charge >= 0.3 is 0 Å². The Hall–Kier alpha value is -1.84. The summed E-state index contributed by atoms with van der Waals surface area (Å²) in [5, 5.41) is 0. The van der Waals surface area contributed by atoms with Gasteiger partial charge < -0.3 is 20.1 Å². The molecule has 0 bridgehead atoms. The van der Waals surface area contributed by atoms with Crippen LogP contribution in [0, 0.1) is 5.92 Å². The molecule has 2 aliphatic rings. The fourth-order valence-corrected chi connectivity index (χ4v) is 4.14. The van der Waals surface area contributed by atoms with Gasteiger partial charge in [-0.3, -0.25) is 4.79 Å². The minimum Gasteiger partial charge on any atom is -0.490 e. The molecule has 144 valence electrons. The lowest BCUT2D eigenvalue weighted by molar-refractivity contribution is -0.130. The van der Waals surface area contributed by atoms with E-state index in [9.17, 15) is 13.2 Å². The summed E-state index contributed by atoms with van der Waals surface area (Å²) in [6.45, 7) is 3.00. The SMILES string of the molecule is NCC1CCN(C(=O)CCNS(=O)(=O)c2ccc3c(c2)OCCCO3)C1. The van der Waals surface area contributed by atoms with E-state index >= 15 is 0 Å². The fourth-order valence-electron chi connectivity index (χ4n) is 3.10. The van der Waals surface area contributed by atoms with E-state index in [2.05, 4.69) is 4.72 Å². The Morgan fingerprint density at radius 2 is 2.04 bits per heavy atom. The lowest BCUT2D eigenvalue weighted by atomic mass is 10.1. The number of nitrogens with zero attached hydrogens (tertiary/aromatic N) is 1. The number of ether oxygens (including phenoxy) is 2. The highest BCUT2D eigenvalue weighted by molar-refractivity contribution is 7.89. The molecule has 1 amide bonds. The number of likely N-dealkylation sites (tertiary alicyclic amines) is 1. The molecule has 8 nitrogen and oxygen atoms in total. The minimum absolute atomic E-state index is 0.0534. The molecule has 1 atom stereocenters. The van der Waals surface area contributed by atoms with E-state index in [1.165, 1.54) is 12.1 Å². The topological polar surface area (TPSA) is 111 Å². The second kappa shape index (κ2) is 8.24. The van der Waals surface area contributed by atoms with Crippen LogP contribution in [0.4, 0.5) is 0 Å². The summed E-state index contributed by atoms with van der Waals surface area (Å²) in [6.07, 6.45) is 1.78. The fraction of sp³-hybridized carbons (Fsp3) is 0.588. The summed E-state index contributed by atoms with van der Waals surface area (Å²) in [7, 11) is -3.72. The summed E-state index contributed by atoms with van der Waals surface area (Å²) in [4.78, 5) is 14.0. The van der Waals surface area contributed by atoms with Crippen LogP contribution in [0.2, 0.25) is 0 Å². The third-order valence-electron chi connectivity index (χ3n) is 4.63. The van der Waals surface area contributed by atoms with Crippen molar-refractivity contribution in [3.8, 4) is 11.5 Å². The molecule has 0 spiro atoms. The Morgan fingerprint density at radius 3 is 2.77 bits per heavy atom. The zero-order chi connectivity index (χ0) is 18.6. The zero-order valence-corrected chi connectivity index (χ0v) is 15.5. The Bertz CT molecular complexity index is 753. The van der Waals surface area contributed by atoms with Crippen LogP contribution < -0.4 is 19.9 Å². The number of sulfonamides is 1. The van der Waals surface area contributed by atoms with E-state index in [-0.39, 0.29) is 23.8 Å². The third kappa shape index (κ3) is 4.46. The smallest absolute Gasteiger partial charge is 0.240 e. The monoisotopic (exact) mass is 383 g/mol. The molecule has 2 heterocycles. The van der Waals surface area contributed by atoms with E-state index < -0.39 is 10.0 Å². The van der Waals surface area contributed by atoms with E-state index in [1.807, 2.05) is 0 Å². The van der Waals surface area contributed by atoms with Crippen molar-refractivity contribution in [1.82, 2.24) is 9.62 Å². The lowest BCUT2D eigenvalue weighted by Crippen LogP contribution is -2.33. The van der Waals surface area contributed by atoms with Gasteiger partial charge in [-0.05, 0) is 31.0 Å². The summed E-state index contributed by atoms with van der Waals surface area (Å²) >= 11 is 0. The Labute approximate surface area is 153 Å². The van der Waals surface area contributed by atoms with Crippen molar-refractivity contribution >= 4 is 15.9 Å². The third-order valence-corrected chi connectivity index (χ3v) is 6.09. The number of nitrogens with two attached hydrogens (primary N) is 1. The van der Waals surface area contributed by atoms with Gasteiger partial charge in [0.2, 0.25) is 15.9 Å². The van der Waals surface area contributed by atoms with Crippen LogP contribution in [0.25, 0.3) is 0 Å². The van der Waals surface area contributed by atoms with Crippen molar-refractivity contribution in [2.75, 3.05) is 39.4 Å². The molecule has 0 radical (unpaired) electrons. The quantitative estimate of drug-likeness (QED) is 0.732. The number of fused-ring (bicyclic) bond motifs is 1. The molecule has 0 saturated carbocycles. The number of nitrogens with one attached hydrogen (secondary N) is 1. The van der Waals surface area contributed by atoms with Crippen molar-refractivity contribution < 1.29 is 22.7 Å². The summed E-state index contributed by atoms with van der Waals surface area (Å²) in [5.41, 5.74) is 5.63. The van der Waals surface area contributed by atoms with Crippen molar-refractivity contribution in [3.63, 3.8) is 0 Å². The minimum atomic E-state index is -3.72. The summed E-state index contributed by atoms with van der Waals surface area (Å²) < 4.78 is 38.4. The van der Waals surface area contributed by atoms with Gasteiger partial charge in [-0.2, -0.15) is 0 Å². The second-order valence-electron chi connectivity index (χ2n) is 6.54. The lowest BCUT2D eigenvalue weighted by Gasteiger charge is -2.16. The van der Waals surface area contributed by atoms with E-state index in [1.54, 1.807) is 11.0 Å². The zero-order valence-electron chi connectivity index (χ0n) is 14.6. The number of hydrogen-bond acceptors (Lipinski definition) is 6. The molecule has 3 rings (SSSR count). The van der Waals surface area contributed by atoms with E-state index in [4.69, 9.17) is 15.2 Å². The van der Waals surface area contributed by atoms with Gasteiger partial charge in [0.05, 0.1) is 18.1 Å². The average Bonchev–Trinajstić information content (AvgIpc) is 2.99. The Morgan fingerprint density at radius 1 is 1.27 bits per heavy atom. The van der Waals surface area contributed by atoms with Crippen molar-refractivity contribution in [2.45, 2.75) is 24.2 Å². The molecular weight excluding hydrogens is 358 g/mol. The van der Waals surface area contributed by atoms with Gasteiger partial charge in [0.15, 0.2) is 11.5 Å². The van der Waals surface area contributed by atoms with Gasteiger partial charge in [-0.25, -0.2) is 13.1 Å². The first-order chi connectivity index (χ1) is 12.5. The van der Waals surface area contributed by atoms with Crippen LogP contribution in [0.5, 0.6) is 11.5 Å². The standard InChI is InChI=1S/C17H25N3O5S/c18-11-13-5-7-20(12-13)17(21)4-6-19-26(22,23)14-2-3-15-16(10-14)25-9-1-8-24-15/h2-3,10,13,19H,1,4-9,11-12,18H2. The Kier molecular flexibility index (Phi) is 6.00. The van der Waals surface area contributed by atoms with Crippen molar-refractivity contribution in [2.24, 2.45) is 11.7 Å². The maximum absolute atomic E-state index is 12.5. The van der Waals surface area contributed by atoms with Gasteiger partial charge in [-0.15, -0.1) is 0 Å². The predicted octanol–water partition coefficient (Wildman–Crippen LogP) is 0.324. The van der Waals surface area contributed by atoms with Crippen LogP contribution in [0.3, 0.4) is 0 Å². The van der Waals surface area contributed by atoms with Crippen LogP contribution in [-0.4, -0.2) is 58.6 Å². The first kappa shape index (κ1) is 18.9. The molecule has 2 aliphatic heterocycles. The molecule has 0 aliphatic carbocycles. The molecule has 26 heavy (non-hydrogen) atoms. The van der Waals surface area contributed by atoms with Crippen molar-refractivity contribution in [3.05, 3.63) is 18.2 Å². The average molecular weight is 383 g/mol. The second-order valence-corrected chi connectivity index (χ2v) is 8.30. The van der Waals surface area contributed by atoms with Gasteiger partial charge in [-0.1, -0.05) is 0 Å². The molecule has 0 aromatic heterocycles. The molecule has 1 saturated heterocycles. The molecule has 1 aromatic rings. The maximum Gasteiger partial charge on any atom is 0.240 e. The number of benzene rings is 1. The summed E-state index contributed by atoms with van der Waals surface area (Å²) in [5.74, 6) is 1.26. The normalized spacial score (nSPS) is 20.0. The Balaban J connectivity index is 1.56. The largest absolute Gasteiger partial charge is 0.490 e. The number of rotatable bonds is 6. The molecule has 1 aromatic carbocycles.